The summed E-state index contributed by atoms with van der Waals surface area (Å²) in [6.45, 7) is 1.85. The molecule has 2 aromatic heterocycles. The predicted molar refractivity (Wildman–Crippen MR) is 116 cm³/mol. The lowest BCUT2D eigenvalue weighted by molar-refractivity contribution is 0.0752. The quantitative estimate of drug-likeness (QED) is 0.557. The Morgan fingerprint density at radius 3 is 2.30 bits per heavy atom. The number of carbonyl (C=O) groups is 1. The molecular formula is C24H22N4O2. The number of pyridine rings is 1. The van der Waals surface area contributed by atoms with Crippen molar-refractivity contribution in [1.82, 2.24) is 19.4 Å². The highest BCUT2D eigenvalue weighted by atomic mass is 16.2. The minimum absolute atomic E-state index is 0.126. The Labute approximate surface area is 174 Å². The first kappa shape index (κ1) is 19.4. The van der Waals surface area contributed by atoms with Crippen molar-refractivity contribution >= 4 is 5.91 Å². The Balaban J connectivity index is 1.66. The van der Waals surface area contributed by atoms with Crippen molar-refractivity contribution in [2.45, 2.75) is 13.0 Å². The molecule has 2 aromatic carbocycles. The number of hydrogen-bond donors (Lipinski definition) is 1. The van der Waals surface area contributed by atoms with Gasteiger partial charge in [-0.15, -0.1) is 0 Å². The number of H-pyrrole nitrogens is 1. The summed E-state index contributed by atoms with van der Waals surface area (Å²) < 4.78 is 1.57. The molecular weight excluding hydrogens is 376 g/mol. The van der Waals surface area contributed by atoms with Gasteiger partial charge in [0.25, 0.3) is 5.91 Å². The van der Waals surface area contributed by atoms with E-state index in [1.165, 1.54) is 0 Å². The van der Waals surface area contributed by atoms with Gasteiger partial charge in [0.1, 0.15) is 0 Å². The number of benzene rings is 2. The molecule has 6 heteroatoms. The number of carbonyl (C=O) groups excluding carboxylic acids is 1. The average Bonchev–Trinajstić information content (AvgIpc) is 3.13. The van der Waals surface area contributed by atoms with Gasteiger partial charge in [0.05, 0.1) is 17.4 Å². The minimum Gasteiger partial charge on any atom is -0.329 e. The van der Waals surface area contributed by atoms with Gasteiger partial charge < -0.3 is 9.88 Å². The van der Waals surface area contributed by atoms with Crippen molar-refractivity contribution < 1.29 is 4.79 Å². The van der Waals surface area contributed by atoms with E-state index in [9.17, 15) is 9.59 Å². The SMILES string of the molecule is Cc1c[nH]c(=O)n1-c1ccc(C(=O)N(C)C(c2ccccc2)c2ccccn2)cc1. The molecule has 0 aliphatic rings. The van der Waals surface area contributed by atoms with Crippen molar-refractivity contribution in [1.29, 1.82) is 0 Å². The smallest absolute Gasteiger partial charge is 0.329 e. The van der Waals surface area contributed by atoms with Crippen LogP contribution in [0.15, 0.2) is 90.0 Å². The molecule has 1 N–H and O–H groups in total. The van der Waals surface area contributed by atoms with Crippen LogP contribution in [0.2, 0.25) is 0 Å². The number of aromatic amines is 1. The molecule has 1 amide bonds. The maximum atomic E-state index is 13.3. The van der Waals surface area contributed by atoms with E-state index in [-0.39, 0.29) is 17.6 Å². The highest BCUT2D eigenvalue weighted by Gasteiger charge is 2.25. The second-order valence-electron chi connectivity index (χ2n) is 7.10. The predicted octanol–water partition coefficient (Wildman–Crippen LogP) is 3.73. The molecule has 0 aliphatic heterocycles. The van der Waals surface area contributed by atoms with Gasteiger partial charge in [-0.1, -0.05) is 36.4 Å². The molecule has 0 aliphatic carbocycles. The molecule has 0 bridgehead atoms. The van der Waals surface area contributed by atoms with E-state index >= 15 is 0 Å². The largest absolute Gasteiger partial charge is 0.330 e. The first-order valence-electron chi connectivity index (χ1n) is 9.67. The summed E-state index contributed by atoms with van der Waals surface area (Å²) in [4.78, 5) is 34.1. The number of aryl methyl sites for hydroxylation is 1. The number of imidazole rings is 1. The highest BCUT2D eigenvalue weighted by molar-refractivity contribution is 5.94. The Morgan fingerprint density at radius 2 is 1.70 bits per heavy atom. The highest BCUT2D eigenvalue weighted by Crippen LogP contribution is 2.27. The van der Waals surface area contributed by atoms with E-state index in [0.29, 0.717) is 11.3 Å². The van der Waals surface area contributed by atoms with Gasteiger partial charge in [-0.3, -0.25) is 14.3 Å². The van der Waals surface area contributed by atoms with Gasteiger partial charge in [-0.2, -0.15) is 0 Å². The topological polar surface area (TPSA) is 71.0 Å². The fourth-order valence-corrected chi connectivity index (χ4v) is 3.62. The second-order valence-corrected chi connectivity index (χ2v) is 7.10. The van der Waals surface area contributed by atoms with E-state index in [4.69, 9.17) is 0 Å². The molecule has 0 radical (unpaired) electrons. The summed E-state index contributed by atoms with van der Waals surface area (Å²) in [5.74, 6) is -0.126. The molecule has 4 aromatic rings. The van der Waals surface area contributed by atoms with Crippen LogP contribution in [0.4, 0.5) is 0 Å². The molecule has 150 valence electrons. The van der Waals surface area contributed by atoms with Crippen molar-refractivity contribution in [3.63, 3.8) is 0 Å². The number of aromatic nitrogens is 3. The molecule has 6 nitrogen and oxygen atoms in total. The van der Waals surface area contributed by atoms with Crippen LogP contribution >= 0.6 is 0 Å². The van der Waals surface area contributed by atoms with Crippen molar-refractivity contribution in [3.05, 3.63) is 118 Å². The fourth-order valence-electron chi connectivity index (χ4n) is 3.62. The van der Waals surface area contributed by atoms with Crippen molar-refractivity contribution in [2.24, 2.45) is 0 Å². The van der Waals surface area contributed by atoms with Gasteiger partial charge in [-0.05, 0) is 48.9 Å². The molecule has 0 saturated heterocycles. The van der Waals surface area contributed by atoms with E-state index in [1.54, 1.807) is 53.2 Å². The fraction of sp³-hybridized carbons (Fsp3) is 0.125. The van der Waals surface area contributed by atoms with Gasteiger partial charge in [0.15, 0.2) is 0 Å². The van der Waals surface area contributed by atoms with E-state index in [1.807, 2.05) is 55.5 Å². The Morgan fingerprint density at radius 1 is 1.00 bits per heavy atom. The number of nitrogens with one attached hydrogen (secondary N) is 1. The average molecular weight is 398 g/mol. The summed E-state index contributed by atoms with van der Waals surface area (Å²) in [5.41, 5.74) is 3.63. The molecule has 0 saturated carbocycles. The number of amides is 1. The van der Waals surface area contributed by atoms with E-state index in [2.05, 4.69) is 9.97 Å². The van der Waals surface area contributed by atoms with Crippen LogP contribution in [-0.4, -0.2) is 32.4 Å². The summed E-state index contributed by atoms with van der Waals surface area (Å²) in [5, 5.41) is 0. The number of hydrogen-bond acceptors (Lipinski definition) is 3. The van der Waals surface area contributed by atoms with Crippen LogP contribution in [0.5, 0.6) is 0 Å². The third kappa shape index (κ3) is 3.67. The molecule has 30 heavy (non-hydrogen) atoms. The second kappa shape index (κ2) is 8.21. The third-order valence-corrected chi connectivity index (χ3v) is 5.12. The van der Waals surface area contributed by atoms with Crippen LogP contribution < -0.4 is 5.69 Å². The van der Waals surface area contributed by atoms with Gasteiger partial charge in [0.2, 0.25) is 0 Å². The maximum absolute atomic E-state index is 13.3. The van der Waals surface area contributed by atoms with E-state index < -0.39 is 0 Å². The Hall–Kier alpha value is -3.93. The molecule has 0 fully saturated rings. The first-order chi connectivity index (χ1) is 14.6. The van der Waals surface area contributed by atoms with Gasteiger partial charge >= 0.3 is 5.69 Å². The zero-order chi connectivity index (χ0) is 21.1. The lowest BCUT2D eigenvalue weighted by Gasteiger charge is -2.28. The Kier molecular flexibility index (Phi) is 5.30. The molecule has 1 atom stereocenters. The normalized spacial score (nSPS) is 11.8. The van der Waals surface area contributed by atoms with Crippen molar-refractivity contribution in [2.75, 3.05) is 7.05 Å². The van der Waals surface area contributed by atoms with Crippen LogP contribution in [0.25, 0.3) is 5.69 Å². The van der Waals surface area contributed by atoms with Crippen molar-refractivity contribution in [3.8, 4) is 5.69 Å². The number of nitrogens with zero attached hydrogens (tertiary/aromatic N) is 3. The molecule has 1 unspecified atom stereocenters. The lowest BCUT2D eigenvalue weighted by atomic mass is 10.0. The Bertz CT molecular complexity index is 1160. The molecule has 2 heterocycles. The minimum atomic E-state index is -0.311. The van der Waals surface area contributed by atoms with Gasteiger partial charge in [0, 0.05) is 30.7 Å². The summed E-state index contributed by atoms with van der Waals surface area (Å²) in [6.07, 6.45) is 3.39. The zero-order valence-electron chi connectivity index (χ0n) is 16.8. The van der Waals surface area contributed by atoms with Crippen LogP contribution in [0.1, 0.15) is 33.4 Å². The summed E-state index contributed by atoms with van der Waals surface area (Å²) >= 11 is 0. The monoisotopic (exact) mass is 398 g/mol. The van der Waals surface area contributed by atoms with Crippen LogP contribution in [0, 0.1) is 6.92 Å². The summed E-state index contributed by atoms with van der Waals surface area (Å²) in [6, 6.07) is 22.3. The maximum Gasteiger partial charge on any atom is 0.330 e. The third-order valence-electron chi connectivity index (χ3n) is 5.12. The standard InChI is InChI=1S/C24H22N4O2/c1-17-16-26-24(30)28(17)20-13-11-19(12-14-20)23(29)27(2)22(18-8-4-3-5-9-18)21-10-6-7-15-25-21/h3-16,22H,1-2H3,(H,26,30). The van der Waals surface area contributed by atoms with Gasteiger partial charge in [-0.25, -0.2) is 4.79 Å². The van der Waals surface area contributed by atoms with Crippen LogP contribution in [-0.2, 0) is 0 Å². The summed E-state index contributed by atoms with van der Waals surface area (Å²) in [7, 11) is 1.78. The first-order valence-corrected chi connectivity index (χ1v) is 9.67. The molecule has 4 rings (SSSR count). The van der Waals surface area contributed by atoms with Crippen LogP contribution in [0.3, 0.4) is 0 Å². The van der Waals surface area contributed by atoms with E-state index in [0.717, 1.165) is 17.0 Å². The number of rotatable bonds is 5. The lowest BCUT2D eigenvalue weighted by Crippen LogP contribution is -2.32. The molecule has 0 spiro atoms. The zero-order valence-corrected chi connectivity index (χ0v) is 16.8.